The maximum atomic E-state index is 5.55. The van der Waals surface area contributed by atoms with Crippen molar-refractivity contribution in [3.8, 4) is 23.3 Å². The van der Waals surface area contributed by atoms with Gasteiger partial charge in [-0.05, 0) is 47.7 Å². The van der Waals surface area contributed by atoms with Crippen molar-refractivity contribution in [3.05, 3.63) is 58.7 Å². The molecular formula is C25H31NO2. The maximum Gasteiger partial charge on any atom is 0.161 e. The molecule has 0 aromatic heterocycles. The molecule has 0 saturated heterocycles. The zero-order valence-electron chi connectivity index (χ0n) is 17.3. The van der Waals surface area contributed by atoms with Gasteiger partial charge < -0.3 is 14.8 Å². The second-order valence-corrected chi connectivity index (χ2v) is 7.24. The molecule has 0 radical (unpaired) electrons. The molecule has 0 fully saturated rings. The second kappa shape index (κ2) is 10.2. The number of fused-ring (bicyclic) bond motifs is 1. The molecule has 2 aromatic carbocycles. The summed E-state index contributed by atoms with van der Waals surface area (Å²) in [5, 5.41) is 3.67. The summed E-state index contributed by atoms with van der Waals surface area (Å²) >= 11 is 0. The zero-order valence-corrected chi connectivity index (χ0v) is 17.3. The van der Waals surface area contributed by atoms with Gasteiger partial charge in [0.1, 0.15) is 0 Å². The highest BCUT2D eigenvalue weighted by Gasteiger charge is 2.25. The van der Waals surface area contributed by atoms with Crippen LogP contribution in [0.1, 0.15) is 67.3 Å². The molecule has 1 aliphatic heterocycles. The number of rotatable bonds is 7. The number of hydrogen-bond donors (Lipinski definition) is 1. The lowest BCUT2D eigenvalue weighted by Gasteiger charge is -2.29. The Kier molecular flexibility index (Phi) is 7.39. The number of unbranched alkanes of at least 4 members (excludes halogenated alkanes) is 4. The largest absolute Gasteiger partial charge is 0.493 e. The van der Waals surface area contributed by atoms with Crippen molar-refractivity contribution in [2.45, 2.75) is 51.5 Å². The minimum atomic E-state index is 0.120. The lowest BCUT2D eigenvalue weighted by Crippen LogP contribution is -2.31. The number of hydrogen-bond acceptors (Lipinski definition) is 3. The van der Waals surface area contributed by atoms with Crippen LogP contribution in [0.5, 0.6) is 11.5 Å². The average Bonchev–Trinajstić information content (AvgIpc) is 2.75. The highest BCUT2D eigenvalue weighted by Crippen LogP contribution is 2.38. The van der Waals surface area contributed by atoms with E-state index in [9.17, 15) is 0 Å². The third-order valence-corrected chi connectivity index (χ3v) is 5.35. The molecule has 0 spiro atoms. The molecule has 1 heterocycles. The molecule has 1 unspecified atom stereocenters. The van der Waals surface area contributed by atoms with Gasteiger partial charge in [-0.2, -0.15) is 0 Å². The van der Waals surface area contributed by atoms with Crippen molar-refractivity contribution in [2.24, 2.45) is 0 Å². The second-order valence-electron chi connectivity index (χ2n) is 7.24. The lowest BCUT2D eigenvalue weighted by atomic mass is 9.87. The summed E-state index contributed by atoms with van der Waals surface area (Å²) in [5.74, 6) is 8.37. The molecule has 3 nitrogen and oxygen atoms in total. The molecule has 148 valence electrons. The van der Waals surface area contributed by atoms with Gasteiger partial charge in [-0.15, -0.1) is 0 Å². The van der Waals surface area contributed by atoms with Crippen LogP contribution in [0, 0.1) is 11.8 Å². The lowest BCUT2D eigenvalue weighted by molar-refractivity contribution is 0.353. The SMILES string of the molecule is CCCCCCC#Cc1ccccc1C1NCCc2cc(OC)c(OC)cc21. The molecule has 2 aromatic rings. The summed E-state index contributed by atoms with van der Waals surface area (Å²) in [5.41, 5.74) is 4.90. The maximum absolute atomic E-state index is 5.55. The Balaban J connectivity index is 1.89. The van der Waals surface area contributed by atoms with Crippen LogP contribution in [0.3, 0.4) is 0 Å². The van der Waals surface area contributed by atoms with Crippen LogP contribution in [0.15, 0.2) is 36.4 Å². The van der Waals surface area contributed by atoms with Crippen molar-refractivity contribution in [1.82, 2.24) is 5.32 Å². The smallest absolute Gasteiger partial charge is 0.161 e. The molecule has 1 aliphatic rings. The Labute approximate surface area is 169 Å². The topological polar surface area (TPSA) is 30.5 Å². The Morgan fingerprint density at radius 1 is 1.00 bits per heavy atom. The fraction of sp³-hybridized carbons (Fsp3) is 0.440. The molecule has 1 N–H and O–H groups in total. The third-order valence-electron chi connectivity index (χ3n) is 5.35. The average molecular weight is 378 g/mol. The Bertz CT molecular complexity index is 847. The van der Waals surface area contributed by atoms with Crippen molar-refractivity contribution in [1.29, 1.82) is 0 Å². The first-order valence-corrected chi connectivity index (χ1v) is 10.3. The summed E-state index contributed by atoms with van der Waals surface area (Å²) in [6, 6.07) is 12.8. The number of nitrogens with one attached hydrogen (secondary N) is 1. The summed E-state index contributed by atoms with van der Waals surface area (Å²) in [6.07, 6.45) is 6.96. The van der Waals surface area contributed by atoms with Gasteiger partial charge >= 0.3 is 0 Å². The van der Waals surface area contributed by atoms with E-state index >= 15 is 0 Å². The first-order chi connectivity index (χ1) is 13.8. The van der Waals surface area contributed by atoms with Gasteiger partial charge in [0.2, 0.25) is 0 Å². The molecule has 28 heavy (non-hydrogen) atoms. The van der Waals surface area contributed by atoms with Crippen LogP contribution in [0.4, 0.5) is 0 Å². The Hall–Kier alpha value is -2.44. The standard InChI is InChI=1S/C25H31NO2/c1-4-5-6-7-8-9-12-19-13-10-11-14-21(19)25-22-18-24(28-3)23(27-2)17-20(22)15-16-26-25/h10-11,13-14,17-18,25-26H,4-8,15-16H2,1-3H3. The number of ether oxygens (including phenoxy) is 2. The molecule has 3 heteroatoms. The van der Waals surface area contributed by atoms with Gasteiger partial charge in [-0.25, -0.2) is 0 Å². The van der Waals surface area contributed by atoms with Crippen LogP contribution >= 0.6 is 0 Å². The molecule has 0 bridgehead atoms. The van der Waals surface area contributed by atoms with Gasteiger partial charge in [0.25, 0.3) is 0 Å². The highest BCUT2D eigenvalue weighted by molar-refractivity contribution is 5.54. The third kappa shape index (κ3) is 4.69. The molecule has 0 amide bonds. The van der Waals surface area contributed by atoms with Crippen LogP contribution in [-0.2, 0) is 6.42 Å². The van der Waals surface area contributed by atoms with Crippen molar-refractivity contribution in [2.75, 3.05) is 20.8 Å². The van der Waals surface area contributed by atoms with Crippen molar-refractivity contribution < 1.29 is 9.47 Å². The van der Waals surface area contributed by atoms with Crippen LogP contribution in [-0.4, -0.2) is 20.8 Å². The number of benzene rings is 2. The zero-order chi connectivity index (χ0) is 19.8. The van der Waals surface area contributed by atoms with E-state index in [1.165, 1.54) is 42.4 Å². The van der Waals surface area contributed by atoms with E-state index in [0.29, 0.717) is 0 Å². The van der Waals surface area contributed by atoms with Crippen LogP contribution in [0.25, 0.3) is 0 Å². The fourth-order valence-corrected chi connectivity index (χ4v) is 3.82. The van der Waals surface area contributed by atoms with E-state index < -0.39 is 0 Å². The van der Waals surface area contributed by atoms with E-state index in [4.69, 9.17) is 9.47 Å². The molecule has 3 rings (SSSR count). The van der Waals surface area contributed by atoms with Gasteiger partial charge in [0, 0.05) is 18.5 Å². The van der Waals surface area contributed by atoms with Gasteiger partial charge in [-0.1, -0.05) is 56.2 Å². The monoisotopic (exact) mass is 377 g/mol. The van der Waals surface area contributed by atoms with Crippen molar-refractivity contribution >= 4 is 0 Å². The molecule has 1 atom stereocenters. The van der Waals surface area contributed by atoms with E-state index in [-0.39, 0.29) is 6.04 Å². The first kappa shape index (κ1) is 20.3. The molecule has 0 saturated carbocycles. The van der Waals surface area contributed by atoms with E-state index in [1.54, 1.807) is 14.2 Å². The molecular weight excluding hydrogens is 346 g/mol. The quantitative estimate of drug-likeness (QED) is 0.527. The predicted molar refractivity (Wildman–Crippen MR) is 115 cm³/mol. The number of methoxy groups -OCH3 is 2. The first-order valence-electron chi connectivity index (χ1n) is 10.3. The normalized spacial score (nSPS) is 15.3. The summed E-state index contributed by atoms with van der Waals surface area (Å²) in [4.78, 5) is 0. The summed E-state index contributed by atoms with van der Waals surface area (Å²) in [7, 11) is 3.38. The fourth-order valence-electron chi connectivity index (χ4n) is 3.82. The van der Waals surface area contributed by atoms with Crippen LogP contribution in [0.2, 0.25) is 0 Å². The Morgan fingerprint density at radius 2 is 1.79 bits per heavy atom. The van der Waals surface area contributed by atoms with Gasteiger partial charge in [0.15, 0.2) is 11.5 Å². The predicted octanol–water partition coefficient (Wildman–Crippen LogP) is 5.26. The Morgan fingerprint density at radius 3 is 2.57 bits per heavy atom. The van der Waals surface area contributed by atoms with Gasteiger partial charge in [0.05, 0.1) is 20.3 Å². The highest BCUT2D eigenvalue weighted by atomic mass is 16.5. The minimum Gasteiger partial charge on any atom is -0.493 e. The van der Waals surface area contributed by atoms with E-state index in [1.807, 2.05) is 0 Å². The summed E-state index contributed by atoms with van der Waals surface area (Å²) < 4.78 is 11.0. The minimum absolute atomic E-state index is 0.120. The van der Waals surface area contributed by atoms with E-state index in [0.717, 1.165) is 36.4 Å². The van der Waals surface area contributed by atoms with Crippen molar-refractivity contribution in [3.63, 3.8) is 0 Å². The van der Waals surface area contributed by atoms with E-state index in [2.05, 4.69) is 60.5 Å². The summed E-state index contributed by atoms with van der Waals surface area (Å²) in [6.45, 7) is 3.17. The van der Waals surface area contributed by atoms with Crippen LogP contribution < -0.4 is 14.8 Å². The van der Waals surface area contributed by atoms with Gasteiger partial charge in [-0.3, -0.25) is 0 Å². The molecule has 0 aliphatic carbocycles.